The van der Waals surface area contributed by atoms with E-state index < -0.39 is 0 Å². The molecule has 1 aromatic rings. The first-order valence-electron chi connectivity index (χ1n) is 6.57. The number of piperidine rings is 1. The Labute approximate surface area is 123 Å². The number of hydrogen-bond acceptors (Lipinski definition) is 2. The van der Waals surface area contributed by atoms with Gasteiger partial charge in [-0.2, -0.15) is 0 Å². The van der Waals surface area contributed by atoms with E-state index in [1.54, 1.807) is 0 Å². The molecule has 0 saturated carbocycles. The van der Waals surface area contributed by atoms with Crippen molar-refractivity contribution in [2.75, 3.05) is 18.0 Å². The summed E-state index contributed by atoms with van der Waals surface area (Å²) in [5.74, 6) is 0. The molecule has 0 bridgehead atoms. The van der Waals surface area contributed by atoms with Gasteiger partial charge in [0.25, 0.3) is 0 Å². The maximum absolute atomic E-state index is 6.04. The normalized spacial score (nSPS) is 24.3. The first-order valence-corrected chi connectivity index (χ1v) is 7.74. The molecule has 2 rings (SSSR count). The van der Waals surface area contributed by atoms with Crippen LogP contribution in [-0.2, 0) is 0 Å². The quantitative estimate of drug-likeness (QED) is 0.898. The highest BCUT2D eigenvalue weighted by molar-refractivity contribution is 9.10. The highest BCUT2D eigenvalue weighted by Gasteiger charge is 2.25. The van der Waals surface area contributed by atoms with Crippen LogP contribution in [0.5, 0.6) is 0 Å². The summed E-state index contributed by atoms with van der Waals surface area (Å²) in [6.45, 7) is 6.64. The van der Waals surface area contributed by atoms with E-state index >= 15 is 0 Å². The number of nitrogens with one attached hydrogen (secondary N) is 1. The summed E-state index contributed by atoms with van der Waals surface area (Å²) in [6, 6.07) is 7.42. The molecule has 1 aromatic carbocycles. The zero-order valence-corrected chi connectivity index (χ0v) is 13.3. The molecule has 0 spiro atoms. The summed E-state index contributed by atoms with van der Waals surface area (Å²) in [6.07, 6.45) is 2.41. The third kappa shape index (κ3) is 3.19. The van der Waals surface area contributed by atoms with Gasteiger partial charge in [-0.1, -0.05) is 18.5 Å². The topological polar surface area (TPSA) is 15.3 Å². The Bertz CT molecular complexity index is 411. The van der Waals surface area contributed by atoms with Gasteiger partial charge in [0.15, 0.2) is 0 Å². The summed E-state index contributed by atoms with van der Waals surface area (Å²) in [4.78, 5) is 2.47. The number of anilines is 1. The maximum atomic E-state index is 6.04. The van der Waals surface area contributed by atoms with Crippen LogP contribution in [-0.4, -0.2) is 25.2 Å². The van der Waals surface area contributed by atoms with Crippen molar-refractivity contribution in [3.05, 3.63) is 27.7 Å². The SMILES string of the molecule is CCNC1CCN(c2ccc(Cl)c(Br)c2)C(C)C1. The van der Waals surface area contributed by atoms with Crippen molar-refractivity contribution in [2.24, 2.45) is 0 Å². The molecule has 100 valence electrons. The van der Waals surface area contributed by atoms with Gasteiger partial charge in [0.05, 0.1) is 5.02 Å². The fraction of sp³-hybridized carbons (Fsp3) is 0.571. The number of halogens is 2. The minimum absolute atomic E-state index is 0.566. The molecule has 2 atom stereocenters. The van der Waals surface area contributed by atoms with E-state index in [1.165, 1.54) is 18.5 Å². The monoisotopic (exact) mass is 330 g/mol. The number of benzene rings is 1. The average Bonchev–Trinajstić information content (AvgIpc) is 2.34. The lowest BCUT2D eigenvalue weighted by molar-refractivity contribution is 0.374. The van der Waals surface area contributed by atoms with E-state index in [0.717, 1.165) is 22.6 Å². The minimum atomic E-state index is 0.566. The van der Waals surface area contributed by atoms with E-state index in [1.807, 2.05) is 6.07 Å². The van der Waals surface area contributed by atoms with E-state index in [-0.39, 0.29) is 0 Å². The maximum Gasteiger partial charge on any atom is 0.0549 e. The molecule has 0 aromatic heterocycles. The van der Waals surface area contributed by atoms with Crippen molar-refractivity contribution in [1.82, 2.24) is 5.32 Å². The lowest BCUT2D eigenvalue weighted by atomic mass is 9.97. The standard InChI is InChI=1S/C14H20BrClN2/c1-3-17-11-6-7-18(10(2)8-11)12-4-5-14(16)13(15)9-12/h4-5,9-11,17H,3,6-8H2,1-2H3. The fourth-order valence-electron chi connectivity index (χ4n) is 2.69. The van der Waals surface area contributed by atoms with Crippen molar-refractivity contribution in [3.8, 4) is 0 Å². The van der Waals surface area contributed by atoms with Crippen LogP contribution in [0.1, 0.15) is 26.7 Å². The van der Waals surface area contributed by atoms with Crippen molar-refractivity contribution in [2.45, 2.75) is 38.8 Å². The molecular formula is C14H20BrClN2. The highest BCUT2D eigenvalue weighted by Crippen LogP contribution is 2.31. The molecule has 1 fully saturated rings. The summed E-state index contributed by atoms with van der Waals surface area (Å²) in [5.41, 5.74) is 1.26. The number of nitrogens with zero attached hydrogens (tertiary/aromatic N) is 1. The Hall–Kier alpha value is -0.250. The molecule has 18 heavy (non-hydrogen) atoms. The highest BCUT2D eigenvalue weighted by atomic mass is 79.9. The van der Waals surface area contributed by atoms with Crippen molar-refractivity contribution in [1.29, 1.82) is 0 Å². The molecule has 0 radical (unpaired) electrons. The molecule has 2 unspecified atom stereocenters. The van der Waals surface area contributed by atoms with E-state index in [0.29, 0.717) is 12.1 Å². The lowest BCUT2D eigenvalue weighted by Crippen LogP contribution is -2.47. The molecule has 1 N–H and O–H groups in total. The fourth-order valence-corrected chi connectivity index (χ4v) is 3.18. The summed E-state index contributed by atoms with van der Waals surface area (Å²) in [7, 11) is 0. The Morgan fingerprint density at radius 3 is 2.89 bits per heavy atom. The largest absolute Gasteiger partial charge is 0.369 e. The van der Waals surface area contributed by atoms with E-state index in [4.69, 9.17) is 11.6 Å². The minimum Gasteiger partial charge on any atom is -0.369 e. The second-order valence-electron chi connectivity index (χ2n) is 4.92. The second-order valence-corrected chi connectivity index (χ2v) is 6.18. The van der Waals surface area contributed by atoms with Crippen molar-refractivity contribution < 1.29 is 0 Å². The van der Waals surface area contributed by atoms with Crippen LogP contribution in [0, 0.1) is 0 Å². The Kier molecular flexibility index (Phi) is 4.93. The van der Waals surface area contributed by atoms with Crippen LogP contribution >= 0.6 is 27.5 Å². The van der Waals surface area contributed by atoms with Crippen LogP contribution in [0.15, 0.2) is 22.7 Å². The Balaban J connectivity index is 2.08. The summed E-state index contributed by atoms with van der Waals surface area (Å²) >= 11 is 9.54. The predicted molar refractivity (Wildman–Crippen MR) is 82.7 cm³/mol. The van der Waals surface area contributed by atoms with Gasteiger partial charge in [-0.15, -0.1) is 0 Å². The molecule has 0 aliphatic carbocycles. The van der Waals surface area contributed by atoms with Gasteiger partial charge in [-0.05, 0) is 60.4 Å². The van der Waals surface area contributed by atoms with Gasteiger partial charge in [0, 0.05) is 28.8 Å². The number of rotatable bonds is 3. The number of hydrogen-bond donors (Lipinski definition) is 1. The third-order valence-electron chi connectivity index (χ3n) is 3.60. The van der Waals surface area contributed by atoms with Crippen LogP contribution in [0.4, 0.5) is 5.69 Å². The van der Waals surface area contributed by atoms with Gasteiger partial charge in [0.2, 0.25) is 0 Å². The first kappa shape index (κ1) is 14.2. The molecule has 1 saturated heterocycles. The summed E-state index contributed by atoms with van der Waals surface area (Å²) in [5, 5.41) is 4.32. The molecule has 1 heterocycles. The third-order valence-corrected chi connectivity index (χ3v) is 4.82. The van der Waals surface area contributed by atoms with Crippen molar-refractivity contribution >= 4 is 33.2 Å². The van der Waals surface area contributed by atoms with Crippen LogP contribution in [0.2, 0.25) is 5.02 Å². The smallest absolute Gasteiger partial charge is 0.0549 e. The molecule has 4 heteroatoms. The zero-order chi connectivity index (χ0) is 13.1. The van der Waals surface area contributed by atoms with Crippen LogP contribution in [0.3, 0.4) is 0 Å². The Morgan fingerprint density at radius 2 is 2.28 bits per heavy atom. The average molecular weight is 332 g/mol. The van der Waals surface area contributed by atoms with Gasteiger partial charge in [-0.3, -0.25) is 0 Å². The zero-order valence-electron chi connectivity index (χ0n) is 10.9. The van der Waals surface area contributed by atoms with E-state index in [9.17, 15) is 0 Å². The molecule has 0 amide bonds. The van der Waals surface area contributed by atoms with Crippen LogP contribution in [0.25, 0.3) is 0 Å². The Morgan fingerprint density at radius 1 is 1.50 bits per heavy atom. The van der Waals surface area contributed by atoms with Gasteiger partial charge < -0.3 is 10.2 Å². The molecule has 2 nitrogen and oxygen atoms in total. The van der Waals surface area contributed by atoms with Gasteiger partial charge >= 0.3 is 0 Å². The first-order chi connectivity index (χ1) is 8.61. The van der Waals surface area contributed by atoms with Crippen LogP contribution < -0.4 is 10.2 Å². The molecule has 1 aliphatic heterocycles. The molecule has 1 aliphatic rings. The van der Waals surface area contributed by atoms with Crippen molar-refractivity contribution in [3.63, 3.8) is 0 Å². The lowest BCUT2D eigenvalue weighted by Gasteiger charge is -2.39. The molecular weight excluding hydrogens is 312 g/mol. The summed E-state index contributed by atoms with van der Waals surface area (Å²) < 4.78 is 0.975. The van der Waals surface area contributed by atoms with Gasteiger partial charge in [-0.25, -0.2) is 0 Å². The van der Waals surface area contributed by atoms with Gasteiger partial charge in [0.1, 0.15) is 0 Å². The predicted octanol–water partition coefficient (Wildman–Crippen LogP) is 4.07. The second kappa shape index (κ2) is 6.27. The van der Waals surface area contributed by atoms with E-state index in [2.05, 4.69) is 52.1 Å².